The first-order chi connectivity index (χ1) is 15.2. The molecule has 0 spiro atoms. The monoisotopic (exact) mass is 470 g/mol. The third kappa shape index (κ3) is 4.95. The van der Waals surface area contributed by atoms with Crippen LogP contribution in [0.4, 0.5) is 0 Å². The molecule has 0 radical (unpaired) electrons. The fourth-order valence-corrected chi connectivity index (χ4v) is 4.21. The summed E-state index contributed by atoms with van der Waals surface area (Å²) in [4.78, 5) is 23.5. The molecule has 1 aromatic carbocycles. The minimum atomic E-state index is -3.53. The average molecular weight is 471 g/mol. The Hall–Kier alpha value is -3.29. The van der Waals surface area contributed by atoms with Gasteiger partial charge in [-0.25, -0.2) is 18.4 Å². The van der Waals surface area contributed by atoms with Crippen LogP contribution in [0.2, 0.25) is 5.02 Å². The first kappa shape index (κ1) is 21.9. The van der Waals surface area contributed by atoms with Crippen LogP contribution in [0, 0.1) is 17.2 Å². The summed E-state index contributed by atoms with van der Waals surface area (Å²) in [7, 11) is -3.53. The van der Waals surface area contributed by atoms with E-state index in [-0.39, 0.29) is 27.9 Å². The molecule has 0 unspecified atom stereocenters. The number of rotatable bonds is 7. The van der Waals surface area contributed by atoms with Crippen molar-refractivity contribution in [2.45, 2.75) is 24.3 Å². The molecule has 1 aliphatic carbocycles. The number of nitrogens with zero attached hydrogens (tertiary/aromatic N) is 6. The van der Waals surface area contributed by atoms with Gasteiger partial charge < -0.3 is 4.90 Å². The van der Waals surface area contributed by atoms with Crippen LogP contribution < -0.4 is 0 Å². The van der Waals surface area contributed by atoms with E-state index in [1.807, 2.05) is 6.07 Å². The summed E-state index contributed by atoms with van der Waals surface area (Å²) in [6.07, 6.45) is 5.93. The normalized spacial score (nSPS) is 13.5. The van der Waals surface area contributed by atoms with Crippen LogP contribution in [-0.2, 0) is 16.4 Å². The molecule has 1 fully saturated rings. The number of hydrogen-bond acceptors (Lipinski definition) is 7. The van der Waals surface area contributed by atoms with Gasteiger partial charge >= 0.3 is 0 Å². The molecule has 1 amide bonds. The fraction of sp³-hybridized carbons (Fsp3) is 0.286. The van der Waals surface area contributed by atoms with E-state index in [2.05, 4.69) is 15.1 Å². The Bertz CT molecular complexity index is 1310. The Morgan fingerprint density at radius 2 is 2.06 bits per heavy atom. The number of halogens is 1. The van der Waals surface area contributed by atoms with Crippen molar-refractivity contribution in [2.24, 2.45) is 5.92 Å². The van der Waals surface area contributed by atoms with Crippen molar-refractivity contribution >= 4 is 27.3 Å². The predicted molar refractivity (Wildman–Crippen MR) is 116 cm³/mol. The number of hydrogen-bond donors (Lipinski definition) is 0. The van der Waals surface area contributed by atoms with Crippen LogP contribution in [0.15, 0.2) is 47.8 Å². The molecular formula is C21H19ClN6O3S. The highest BCUT2D eigenvalue weighted by Gasteiger charge is 2.29. The molecule has 1 aliphatic rings. The second-order valence-electron chi connectivity index (χ2n) is 7.68. The van der Waals surface area contributed by atoms with E-state index < -0.39 is 9.84 Å². The Kier molecular flexibility index (Phi) is 5.95. The lowest BCUT2D eigenvalue weighted by Crippen LogP contribution is -2.33. The molecule has 0 aliphatic heterocycles. The number of amides is 1. The van der Waals surface area contributed by atoms with Crippen LogP contribution in [0.3, 0.4) is 0 Å². The highest BCUT2D eigenvalue weighted by Crippen LogP contribution is 2.31. The van der Waals surface area contributed by atoms with Gasteiger partial charge in [0, 0.05) is 29.6 Å². The predicted octanol–water partition coefficient (Wildman–Crippen LogP) is 2.64. The summed E-state index contributed by atoms with van der Waals surface area (Å²) in [5.41, 5.74) is 0.615. The fourth-order valence-electron chi connectivity index (χ4n) is 3.23. The molecule has 2 aromatic heterocycles. The molecule has 32 heavy (non-hydrogen) atoms. The van der Waals surface area contributed by atoms with E-state index in [1.165, 1.54) is 35.4 Å². The molecule has 1 saturated carbocycles. The van der Waals surface area contributed by atoms with Gasteiger partial charge in [0.1, 0.15) is 12.4 Å². The van der Waals surface area contributed by atoms with Gasteiger partial charge in [-0.1, -0.05) is 11.6 Å². The standard InChI is InChI=1S/C21H19ClN6O3S/c1-32(30,31)18-7-16(6-17(22)8-18)21(29)27(11-14-2-3-14)12-20-25-13-26-28(20)19-5-4-15(9-23)10-24-19/h4-8,10,13-14H,2-3,11-12H2,1H3. The largest absolute Gasteiger partial charge is 0.331 e. The highest BCUT2D eigenvalue weighted by molar-refractivity contribution is 7.90. The zero-order valence-electron chi connectivity index (χ0n) is 17.1. The lowest BCUT2D eigenvalue weighted by atomic mass is 10.2. The maximum absolute atomic E-state index is 13.4. The molecule has 3 aromatic rings. The van der Waals surface area contributed by atoms with Gasteiger partial charge in [0.05, 0.1) is 17.0 Å². The van der Waals surface area contributed by atoms with Crippen molar-refractivity contribution in [3.63, 3.8) is 0 Å². The van der Waals surface area contributed by atoms with E-state index in [4.69, 9.17) is 16.9 Å². The van der Waals surface area contributed by atoms with Gasteiger partial charge in [0.25, 0.3) is 5.91 Å². The summed E-state index contributed by atoms with van der Waals surface area (Å²) in [6, 6.07) is 9.42. The van der Waals surface area contributed by atoms with E-state index >= 15 is 0 Å². The molecule has 2 heterocycles. The number of carbonyl (C=O) groups is 1. The summed E-state index contributed by atoms with van der Waals surface area (Å²) in [6.45, 7) is 0.658. The summed E-state index contributed by atoms with van der Waals surface area (Å²) in [5.74, 6) is 1.00. The molecule has 0 bridgehead atoms. The summed E-state index contributed by atoms with van der Waals surface area (Å²) in [5, 5.41) is 13.3. The molecule has 4 rings (SSSR count). The third-order valence-electron chi connectivity index (χ3n) is 5.05. The molecule has 9 nitrogen and oxygen atoms in total. The molecule has 164 valence electrons. The average Bonchev–Trinajstić information content (AvgIpc) is 3.46. The lowest BCUT2D eigenvalue weighted by molar-refractivity contribution is 0.0729. The van der Waals surface area contributed by atoms with E-state index in [0.29, 0.717) is 29.7 Å². The number of nitriles is 1. The first-order valence-corrected chi connectivity index (χ1v) is 12.1. The smallest absolute Gasteiger partial charge is 0.254 e. The van der Waals surface area contributed by atoms with Gasteiger partial charge in [-0.2, -0.15) is 15.0 Å². The van der Waals surface area contributed by atoms with Crippen molar-refractivity contribution < 1.29 is 13.2 Å². The van der Waals surface area contributed by atoms with Gasteiger partial charge in [-0.15, -0.1) is 0 Å². The number of carbonyl (C=O) groups excluding carboxylic acids is 1. The Morgan fingerprint density at radius 1 is 1.28 bits per heavy atom. The number of aromatic nitrogens is 4. The van der Waals surface area contributed by atoms with E-state index in [9.17, 15) is 13.2 Å². The Balaban J connectivity index is 1.65. The lowest BCUT2D eigenvalue weighted by Gasteiger charge is -2.23. The van der Waals surface area contributed by atoms with Crippen molar-refractivity contribution in [3.05, 3.63) is 64.8 Å². The Morgan fingerprint density at radius 3 is 2.69 bits per heavy atom. The second-order valence-corrected chi connectivity index (χ2v) is 10.1. The van der Waals surface area contributed by atoms with Gasteiger partial charge in [-0.3, -0.25) is 4.79 Å². The number of sulfone groups is 1. The molecule has 11 heteroatoms. The molecule has 0 N–H and O–H groups in total. The number of benzene rings is 1. The van der Waals surface area contributed by atoms with Crippen LogP contribution in [0.5, 0.6) is 0 Å². The van der Waals surface area contributed by atoms with Gasteiger partial charge in [-0.05, 0) is 49.1 Å². The molecule has 0 atom stereocenters. The summed E-state index contributed by atoms with van der Waals surface area (Å²) >= 11 is 6.10. The minimum Gasteiger partial charge on any atom is -0.331 e. The number of pyridine rings is 1. The van der Waals surface area contributed by atoms with E-state index in [1.54, 1.807) is 17.0 Å². The second kappa shape index (κ2) is 8.68. The van der Waals surface area contributed by atoms with Crippen LogP contribution in [0.25, 0.3) is 5.82 Å². The zero-order chi connectivity index (χ0) is 22.9. The van der Waals surface area contributed by atoms with Crippen molar-refractivity contribution in [2.75, 3.05) is 12.8 Å². The highest BCUT2D eigenvalue weighted by atomic mass is 35.5. The van der Waals surface area contributed by atoms with Crippen LogP contribution in [-0.4, -0.2) is 51.8 Å². The minimum absolute atomic E-state index is 0.00956. The molecule has 0 saturated heterocycles. The topological polar surface area (TPSA) is 122 Å². The quantitative estimate of drug-likeness (QED) is 0.520. The van der Waals surface area contributed by atoms with Gasteiger partial charge in [0.15, 0.2) is 21.5 Å². The van der Waals surface area contributed by atoms with Gasteiger partial charge in [0.2, 0.25) is 0 Å². The zero-order valence-corrected chi connectivity index (χ0v) is 18.7. The third-order valence-corrected chi connectivity index (χ3v) is 6.36. The maximum atomic E-state index is 13.4. The first-order valence-electron chi connectivity index (χ1n) is 9.80. The Labute approximate surface area is 190 Å². The van der Waals surface area contributed by atoms with Crippen molar-refractivity contribution in [1.82, 2.24) is 24.6 Å². The van der Waals surface area contributed by atoms with Crippen molar-refractivity contribution in [3.8, 4) is 11.9 Å². The van der Waals surface area contributed by atoms with Crippen LogP contribution >= 0.6 is 11.6 Å². The SMILES string of the molecule is CS(=O)(=O)c1cc(Cl)cc(C(=O)N(Cc2ncnn2-c2ccc(C#N)cn2)CC2CC2)c1. The maximum Gasteiger partial charge on any atom is 0.254 e. The summed E-state index contributed by atoms with van der Waals surface area (Å²) < 4.78 is 25.5. The molecular weight excluding hydrogens is 452 g/mol. The van der Waals surface area contributed by atoms with E-state index in [0.717, 1.165) is 19.1 Å². The van der Waals surface area contributed by atoms with Crippen molar-refractivity contribution in [1.29, 1.82) is 5.26 Å². The van der Waals surface area contributed by atoms with Crippen LogP contribution in [0.1, 0.15) is 34.6 Å².